The van der Waals surface area contributed by atoms with E-state index in [-0.39, 0.29) is 12.1 Å². The molecule has 0 spiro atoms. The fourth-order valence-corrected chi connectivity index (χ4v) is 5.29. The van der Waals surface area contributed by atoms with E-state index in [0.717, 1.165) is 42.9 Å². The minimum Gasteiger partial charge on any atom is -0.458 e. The van der Waals surface area contributed by atoms with Gasteiger partial charge >= 0.3 is 5.97 Å². The second kappa shape index (κ2) is 8.29. The number of hydrogen-bond acceptors (Lipinski definition) is 2. The lowest BCUT2D eigenvalue weighted by Gasteiger charge is -2.25. The molecule has 3 nitrogen and oxygen atoms in total. The Balaban J connectivity index is 1.46. The van der Waals surface area contributed by atoms with Gasteiger partial charge in [0.2, 0.25) is 0 Å². The average Bonchev–Trinajstić information content (AvgIpc) is 3.45. The van der Waals surface area contributed by atoms with Crippen LogP contribution in [-0.4, -0.2) is 17.1 Å². The molecule has 156 valence electrons. The van der Waals surface area contributed by atoms with Gasteiger partial charge in [0.25, 0.3) is 0 Å². The quantitative estimate of drug-likeness (QED) is 0.469. The Labute approximate surface area is 178 Å². The SMILES string of the molecule is CC1CCC(OC(=O)c2cc(C3CCCC3)c(-c3ccc4ccccc4c3)[nH]2)CC1. The number of carbonyl (C=O) groups excluding carboxylic acids is 1. The largest absolute Gasteiger partial charge is 0.458 e. The topological polar surface area (TPSA) is 42.1 Å². The summed E-state index contributed by atoms with van der Waals surface area (Å²) in [6, 6.07) is 17.1. The third-order valence-electron chi connectivity index (χ3n) is 7.14. The lowest BCUT2D eigenvalue weighted by molar-refractivity contribution is 0.0168. The van der Waals surface area contributed by atoms with E-state index in [1.165, 1.54) is 42.0 Å². The van der Waals surface area contributed by atoms with Gasteiger partial charge in [-0.05, 0) is 84.4 Å². The highest BCUT2D eigenvalue weighted by Crippen LogP contribution is 2.40. The van der Waals surface area contributed by atoms with Crippen molar-refractivity contribution in [2.45, 2.75) is 70.3 Å². The highest BCUT2D eigenvalue weighted by atomic mass is 16.5. The molecule has 5 rings (SSSR count). The molecule has 2 fully saturated rings. The Kier molecular flexibility index (Phi) is 5.37. The van der Waals surface area contributed by atoms with E-state index in [4.69, 9.17) is 4.74 Å². The second-order valence-electron chi connectivity index (χ2n) is 9.34. The van der Waals surface area contributed by atoms with Crippen LogP contribution in [0.3, 0.4) is 0 Å². The van der Waals surface area contributed by atoms with Crippen molar-refractivity contribution in [3.05, 3.63) is 59.8 Å². The van der Waals surface area contributed by atoms with Gasteiger partial charge in [-0.15, -0.1) is 0 Å². The molecule has 3 aromatic rings. The lowest BCUT2D eigenvalue weighted by Crippen LogP contribution is -2.23. The maximum atomic E-state index is 13.0. The predicted octanol–water partition coefficient (Wildman–Crippen LogP) is 7.23. The summed E-state index contributed by atoms with van der Waals surface area (Å²) in [5, 5.41) is 2.46. The van der Waals surface area contributed by atoms with Crippen LogP contribution in [0.25, 0.3) is 22.0 Å². The summed E-state index contributed by atoms with van der Waals surface area (Å²) >= 11 is 0. The molecule has 0 radical (unpaired) electrons. The van der Waals surface area contributed by atoms with E-state index >= 15 is 0 Å². The Morgan fingerprint density at radius 2 is 1.63 bits per heavy atom. The number of hydrogen-bond donors (Lipinski definition) is 1. The van der Waals surface area contributed by atoms with Crippen LogP contribution in [0.1, 0.15) is 80.3 Å². The van der Waals surface area contributed by atoms with E-state index in [2.05, 4.69) is 60.4 Å². The average molecular weight is 402 g/mol. The van der Waals surface area contributed by atoms with Crippen LogP contribution in [0, 0.1) is 5.92 Å². The first-order chi connectivity index (χ1) is 14.7. The van der Waals surface area contributed by atoms with Crippen LogP contribution in [0.2, 0.25) is 0 Å². The fourth-order valence-electron chi connectivity index (χ4n) is 5.29. The molecule has 2 aliphatic carbocycles. The second-order valence-corrected chi connectivity index (χ2v) is 9.34. The number of rotatable bonds is 4. The summed E-state index contributed by atoms with van der Waals surface area (Å²) in [5.74, 6) is 1.08. The first kappa shape index (κ1) is 19.4. The predicted molar refractivity (Wildman–Crippen MR) is 122 cm³/mol. The highest BCUT2D eigenvalue weighted by molar-refractivity contribution is 5.91. The normalized spacial score (nSPS) is 22.4. The third-order valence-corrected chi connectivity index (χ3v) is 7.14. The van der Waals surface area contributed by atoms with E-state index in [0.29, 0.717) is 11.6 Å². The molecule has 3 heteroatoms. The summed E-state index contributed by atoms with van der Waals surface area (Å²) in [6.45, 7) is 2.28. The van der Waals surface area contributed by atoms with Crippen molar-refractivity contribution >= 4 is 16.7 Å². The van der Waals surface area contributed by atoms with Crippen LogP contribution >= 0.6 is 0 Å². The van der Waals surface area contributed by atoms with E-state index in [9.17, 15) is 4.79 Å². The summed E-state index contributed by atoms with van der Waals surface area (Å²) in [4.78, 5) is 16.4. The number of benzene rings is 2. The smallest absolute Gasteiger partial charge is 0.355 e. The summed E-state index contributed by atoms with van der Waals surface area (Å²) in [7, 11) is 0. The standard InChI is InChI=1S/C27H31NO2/c1-18-10-14-23(15-11-18)30-27(29)25-17-24(20-7-3-4-8-20)26(28-25)22-13-12-19-6-2-5-9-21(19)16-22/h2,5-6,9,12-13,16-18,20,23,28H,3-4,7-8,10-11,14-15H2,1H3. The molecule has 0 saturated heterocycles. The molecule has 2 saturated carbocycles. The zero-order valence-electron chi connectivity index (χ0n) is 17.8. The van der Waals surface area contributed by atoms with Crippen molar-refractivity contribution in [2.75, 3.05) is 0 Å². The number of aromatic amines is 1. The molecule has 1 N–H and O–H groups in total. The number of nitrogens with one attached hydrogen (secondary N) is 1. The number of aromatic nitrogens is 1. The van der Waals surface area contributed by atoms with Gasteiger partial charge in [-0.1, -0.05) is 56.2 Å². The minimum atomic E-state index is -0.194. The first-order valence-electron chi connectivity index (χ1n) is 11.6. The highest BCUT2D eigenvalue weighted by Gasteiger charge is 2.27. The summed E-state index contributed by atoms with van der Waals surface area (Å²) in [5.41, 5.74) is 4.14. The van der Waals surface area contributed by atoms with Crippen LogP contribution in [0.5, 0.6) is 0 Å². The number of esters is 1. The Bertz CT molecular complexity index is 1040. The lowest BCUT2D eigenvalue weighted by atomic mass is 9.89. The molecule has 0 bridgehead atoms. The monoisotopic (exact) mass is 401 g/mol. The Morgan fingerprint density at radius 3 is 2.40 bits per heavy atom. The summed E-state index contributed by atoms with van der Waals surface area (Å²) in [6.07, 6.45) is 9.29. The van der Waals surface area contributed by atoms with Crippen molar-refractivity contribution in [1.82, 2.24) is 4.98 Å². The molecule has 0 aliphatic heterocycles. The van der Waals surface area contributed by atoms with Gasteiger partial charge in [0.05, 0.1) is 0 Å². The molecule has 1 heterocycles. The molecule has 0 atom stereocenters. The molecule has 1 aromatic heterocycles. The molecule has 0 amide bonds. The van der Waals surface area contributed by atoms with E-state index < -0.39 is 0 Å². The molecule has 2 aliphatic rings. The van der Waals surface area contributed by atoms with Crippen LogP contribution in [0.4, 0.5) is 0 Å². The first-order valence-corrected chi connectivity index (χ1v) is 11.6. The van der Waals surface area contributed by atoms with Crippen molar-refractivity contribution in [2.24, 2.45) is 5.92 Å². The van der Waals surface area contributed by atoms with Gasteiger partial charge in [-0.25, -0.2) is 4.79 Å². The van der Waals surface area contributed by atoms with Crippen molar-refractivity contribution < 1.29 is 9.53 Å². The molecular formula is C27H31NO2. The van der Waals surface area contributed by atoms with Crippen molar-refractivity contribution in [1.29, 1.82) is 0 Å². The van der Waals surface area contributed by atoms with Crippen LogP contribution in [0.15, 0.2) is 48.5 Å². The van der Waals surface area contributed by atoms with Crippen LogP contribution < -0.4 is 0 Å². The Hall–Kier alpha value is -2.55. The fraction of sp³-hybridized carbons (Fsp3) is 0.444. The zero-order valence-corrected chi connectivity index (χ0v) is 17.8. The molecule has 0 unspecified atom stereocenters. The van der Waals surface area contributed by atoms with Gasteiger partial charge < -0.3 is 9.72 Å². The van der Waals surface area contributed by atoms with Gasteiger partial charge in [-0.2, -0.15) is 0 Å². The number of fused-ring (bicyclic) bond motifs is 1. The number of H-pyrrole nitrogens is 1. The van der Waals surface area contributed by atoms with Gasteiger partial charge in [0, 0.05) is 5.69 Å². The summed E-state index contributed by atoms with van der Waals surface area (Å²) < 4.78 is 5.89. The molecular weight excluding hydrogens is 370 g/mol. The van der Waals surface area contributed by atoms with Gasteiger partial charge in [-0.3, -0.25) is 0 Å². The van der Waals surface area contributed by atoms with Gasteiger partial charge in [0.1, 0.15) is 11.8 Å². The van der Waals surface area contributed by atoms with Gasteiger partial charge in [0.15, 0.2) is 0 Å². The van der Waals surface area contributed by atoms with Crippen molar-refractivity contribution in [3.8, 4) is 11.3 Å². The zero-order chi connectivity index (χ0) is 20.5. The maximum Gasteiger partial charge on any atom is 0.355 e. The molecule has 30 heavy (non-hydrogen) atoms. The van der Waals surface area contributed by atoms with Crippen molar-refractivity contribution in [3.63, 3.8) is 0 Å². The number of carbonyl (C=O) groups is 1. The number of ether oxygens (including phenoxy) is 1. The maximum absolute atomic E-state index is 13.0. The molecule has 2 aromatic carbocycles. The van der Waals surface area contributed by atoms with Crippen LogP contribution in [-0.2, 0) is 4.74 Å². The van der Waals surface area contributed by atoms with E-state index in [1.54, 1.807) is 0 Å². The Morgan fingerprint density at radius 1 is 0.900 bits per heavy atom. The van der Waals surface area contributed by atoms with E-state index in [1.807, 2.05) is 0 Å². The third kappa shape index (κ3) is 3.90. The minimum absolute atomic E-state index is 0.0658.